The SMILES string of the molecule is C[C@]12CC[C@H](O)C[C@]1(O)[C@H](O)C[C@H]1[C@@H]3CC[C@@H]4C(O)(CO)OC[C@@]43CC[C@@H]12. The summed E-state index contributed by atoms with van der Waals surface area (Å²) < 4.78 is 5.75. The Hall–Kier alpha value is -0.240. The van der Waals surface area contributed by atoms with Crippen molar-refractivity contribution in [2.45, 2.75) is 81.9 Å². The Labute approximate surface area is 160 Å². The Balaban J connectivity index is 1.50. The second kappa shape index (κ2) is 5.67. The van der Waals surface area contributed by atoms with Gasteiger partial charge in [-0.05, 0) is 62.7 Å². The van der Waals surface area contributed by atoms with Gasteiger partial charge in [-0.1, -0.05) is 6.92 Å². The van der Waals surface area contributed by atoms with Gasteiger partial charge in [0.15, 0.2) is 5.79 Å². The smallest absolute Gasteiger partial charge is 0.192 e. The number of aliphatic hydroxyl groups is 5. The van der Waals surface area contributed by atoms with Gasteiger partial charge in [0.05, 0.1) is 31.0 Å². The molecule has 10 atom stereocenters. The summed E-state index contributed by atoms with van der Waals surface area (Å²) >= 11 is 0. The van der Waals surface area contributed by atoms with Crippen molar-refractivity contribution in [1.82, 2.24) is 0 Å². The highest BCUT2D eigenvalue weighted by Crippen LogP contribution is 2.71. The van der Waals surface area contributed by atoms with E-state index in [9.17, 15) is 25.5 Å². The summed E-state index contributed by atoms with van der Waals surface area (Å²) in [5.74, 6) is -0.502. The van der Waals surface area contributed by atoms with Crippen molar-refractivity contribution in [2.24, 2.45) is 34.5 Å². The first-order chi connectivity index (χ1) is 12.7. The molecule has 27 heavy (non-hydrogen) atoms. The van der Waals surface area contributed by atoms with E-state index in [2.05, 4.69) is 6.92 Å². The Bertz CT molecular complexity index is 628. The average molecular weight is 382 g/mol. The number of ether oxygens (including phenoxy) is 1. The fraction of sp³-hybridized carbons (Fsp3) is 1.00. The molecule has 0 aromatic heterocycles. The highest BCUT2D eigenvalue weighted by molar-refractivity contribution is 5.19. The molecule has 1 spiro atoms. The summed E-state index contributed by atoms with van der Waals surface area (Å²) in [6, 6.07) is 0. The second-order valence-corrected chi connectivity index (χ2v) is 10.6. The van der Waals surface area contributed by atoms with Gasteiger partial charge in [0.25, 0.3) is 0 Å². The first-order valence-electron chi connectivity index (χ1n) is 10.8. The number of fused-ring (bicyclic) bond motifs is 4. The standard InChI is InChI=1S/C21H34O6/c1-18-6-4-12(23)9-20(18,25)17(24)8-13-14(18)5-7-19-11-27-21(26,10-22)16(19)3-2-15(13)19/h12-17,22-26H,2-11H2,1H3/t12-,13+,14-,15-,16-,17+,18+,19+,20-,21?/m0/s1. The maximum absolute atomic E-state index is 11.5. The fourth-order valence-electron chi connectivity index (χ4n) is 8.54. The zero-order valence-electron chi connectivity index (χ0n) is 16.2. The molecule has 1 unspecified atom stereocenters. The topological polar surface area (TPSA) is 110 Å². The zero-order valence-corrected chi connectivity index (χ0v) is 16.2. The van der Waals surface area contributed by atoms with Crippen LogP contribution in [0.15, 0.2) is 0 Å². The van der Waals surface area contributed by atoms with E-state index in [1.54, 1.807) is 0 Å². The summed E-state index contributed by atoms with van der Waals surface area (Å²) in [5, 5.41) is 53.1. The van der Waals surface area contributed by atoms with E-state index in [-0.39, 0.29) is 29.8 Å². The Morgan fingerprint density at radius 3 is 2.52 bits per heavy atom. The van der Waals surface area contributed by atoms with Gasteiger partial charge in [-0.3, -0.25) is 0 Å². The summed E-state index contributed by atoms with van der Waals surface area (Å²) in [4.78, 5) is 0. The molecule has 154 valence electrons. The molecule has 0 aromatic rings. The van der Waals surface area contributed by atoms with E-state index >= 15 is 0 Å². The van der Waals surface area contributed by atoms with Crippen LogP contribution in [0, 0.1) is 34.5 Å². The minimum absolute atomic E-state index is 0.0418. The summed E-state index contributed by atoms with van der Waals surface area (Å²) in [6.45, 7) is 2.25. The van der Waals surface area contributed by atoms with Gasteiger partial charge in [0, 0.05) is 23.2 Å². The molecule has 5 rings (SSSR count). The number of rotatable bonds is 1. The van der Waals surface area contributed by atoms with Crippen LogP contribution in [0.3, 0.4) is 0 Å². The summed E-state index contributed by atoms with van der Waals surface area (Å²) in [5.41, 5.74) is -1.72. The first kappa shape index (κ1) is 18.8. The van der Waals surface area contributed by atoms with E-state index < -0.39 is 23.6 Å². The van der Waals surface area contributed by atoms with Crippen LogP contribution in [-0.2, 0) is 4.74 Å². The minimum Gasteiger partial charge on any atom is -0.393 e. The first-order valence-corrected chi connectivity index (χ1v) is 10.8. The third-order valence-corrected chi connectivity index (χ3v) is 9.91. The van der Waals surface area contributed by atoms with Crippen LogP contribution in [0.25, 0.3) is 0 Å². The number of aliphatic hydroxyl groups excluding tert-OH is 3. The zero-order chi connectivity index (χ0) is 19.2. The maximum Gasteiger partial charge on any atom is 0.192 e. The van der Waals surface area contributed by atoms with Crippen LogP contribution >= 0.6 is 0 Å². The molecule has 1 saturated heterocycles. The van der Waals surface area contributed by atoms with Crippen molar-refractivity contribution in [3.63, 3.8) is 0 Å². The van der Waals surface area contributed by atoms with Gasteiger partial charge < -0.3 is 30.3 Å². The highest BCUT2D eigenvalue weighted by Gasteiger charge is 2.71. The number of hydrogen-bond acceptors (Lipinski definition) is 6. The van der Waals surface area contributed by atoms with Crippen molar-refractivity contribution in [3.05, 3.63) is 0 Å². The lowest BCUT2D eigenvalue weighted by Crippen LogP contribution is -2.68. The van der Waals surface area contributed by atoms with Crippen LogP contribution < -0.4 is 0 Å². The van der Waals surface area contributed by atoms with E-state index in [0.29, 0.717) is 37.2 Å². The summed E-state index contributed by atoms with van der Waals surface area (Å²) in [6.07, 6.45) is 4.60. The molecule has 5 fully saturated rings. The van der Waals surface area contributed by atoms with E-state index in [4.69, 9.17) is 4.74 Å². The lowest BCUT2D eigenvalue weighted by molar-refractivity contribution is -0.264. The molecule has 0 radical (unpaired) electrons. The van der Waals surface area contributed by atoms with Crippen LogP contribution in [0.2, 0.25) is 0 Å². The normalized spacial score (nSPS) is 62.4. The molecular formula is C21H34O6. The molecule has 0 aromatic carbocycles. The second-order valence-electron chi connectivity index (χ2n) is 10.6. The van der Waals surface area contributed by atoms with Crippen LogP contribution in [-0.4, -0.2) is 62.3 Å². The third kappa shape index (κ3) is 2.12. The van der Waals surface area contributed by atoms with Crippen LogP contribution in [0.4, 0.5) is 0 Å². The maximum atomic E-state index is 11.5. The van der Waals surface area contributed by atoms with E-state index in [1.165, 1.54) is 0 Å². The lowest BCUT2D eigenvalue weighted by Gasteiger charge is -2.65. The fourth-order valence-corrected chi connectivity index (χ4v) is 8.54. The highest BCUT2D eigenvalue weighted by atomic mass is 16.6. The lowest BCUT2D eigenvalue weighted by atomic mass is 9.42. The molecule has 4 aliphatic carbocycles. The predicted molar refractivity (Wildman–Crippen MR) is 96.4 cm³/mol. The molecule has 6 heteroatoms. The van der Waals surface area contributed by atoms with Crippen molar-refractivity contribution >= 4 is 0 Å². The van der Waals surface area contributed by atoms with Gasteiger partial charge in [0.2, 0.25) is 0 Å². The Kier molecular flexibility index (Phi) is 3.94. The van der Waals surface area contributed by atoms with E-state index in [1.807, 2.05) is 0 Å². The summed E-state index contributed by atoms with van der Waals surface area (Å²) in [7, 11) is 0. The van der Waals surface area contributed by atoms with Gasteiger partial charge in [-0.25, -0.2) is 0 Å². The monoisotopic (exact) mass is 382 g/mol. The minimum atomic E-state index is -1.42. The predicted octanol–water partition coefficient (Wildman–Crippen LogP) is 0.783. The molecule has 0 bridgehead atoms. The molecule has 6 nitrogen and oxygen atoms in total. The van der Waals surface area contributed by atoms with Crippen molar-refractivity contribution in [3.8, 4) is 0 Å². The number of hydrogen-bond donors (Lipinski definition) is 5. The van der Waals surface area contributed by atoms with Crippen molar-refractivity contribution < 1.29 is 30.3 Å². The molecule has 0 amide bonds. The Morgan fingerprint density at radius 1 is 1.00 bits per heavy atom. The van der Waals surface area contributed by atoms with Gasteiger partial charge in [-0.15, -0.1) is 0 Å². The Morgan fingerprint density at radius 2 is 1.78 bits per heavy atom. The van der Waals surface area contributed by atoms with E-state index in [0.717, 1.165) is 32.1 Å². The molecule has 4 saturated carbocycles. The van der Waals surface area contributed by atoms with Gasteiger partial charge >= 0.3 is 0 Å². The quantitative estimate of drug-likeness (QED) is 0.458. The van der Waals surface area contributed by atoms with Crippen LogP contribution in [0.1, 0.15) is 58.3 Å². The average Bonchev–Trinajstić information content (AvgIpc) is 3.15. The molecule has 5 N–H and O–H groups in total. The largest absolute Gasteiger partial charge is 0.393 e. The van der Waals surface area contributed by atoms with Crippen molar-refractivity contribution in [1.29, 1.82) is 0 Å². The van der Waals surface area contributed by atoms with Gasteiger partial charge in [-0.2, -0.15) is 0 Å². The molecule has 5 aliphatic rings. The van der Waals surface area contributed by atoms with Gasteiger partial charge in [0.1, 0.15) is 0 Å². The third-order valence-electron chi connectivity index (χ3n) is 9.91. The molecule has 1 heterocycles. The molecule has 1 aliphatic heterocycles. The van der Waals surface area contributed by atoms with Crippen molar-refractivity contribution in [2.75, 3.05) is 13.2 Å². The molecular weight excluding hydrogens is 348 g/mol. The van der Waals surface area contributed by atoms with Crippen LogP contribution in [0.5, 0.6) is 0 Å².